The van der Waals surface area contributed by atoms with E-state index in [-0.39, 0.29) is 50.1 Å². The summed E-state index contributed by atoms with van der Waals surface area (Å²) in [6.45, 7) is -0.417. The summed E-state index contributed by atoms with van der Waals surface area (Å²) >= 11 is 0. The van der Waals surface area contributed by atoms with Crippen LogP contribution in [0.1, 0.15) is 62.5 Å². The van der Waals surface area contributed by atoms with Crippen LogP contribution in [-0.4, -0.2) is 167 Å². The van der Waals surface area contributed by atoms with Crippen LogP contribution >= 0.6 is 0 Å². The number of nitrogens with two attached hydrogens (primary N) is 3. The van der Waals surface area contributed by atoms with E-state index >= 15 is 0 Å². The number of carbonyl (C=O) groups is 8. The number of hydrogen-bond acceptors (Lipinski definition) is 12. The maximum atomic E-state index is 13.9. The lowest BCUT2D eigenvalue weighted by Gasteiger charge is -2.32. The SMILES string of the molecule is COc1ccc(C[C@H](NC(=O)[C@@H]2CCCN2C(=O)[C@H](CO)NC(=O)[C@H](Cc2ccccc2)NC(=O)CNC(=O)[C@@H]2CCCN2C(=O)[C@@H]2CCCN2C(=O)[C@@H](N)CCCN=C(N)N)C(=O)O)cc1. The third-order valence-corrected chi connectivity index (χ3v) is 12.2. The summed E-state index contributed by atoms with van der Waals surface area (Å²) in [5, 5.41) is 30.5. The molecule has 5 rings (SSSR count). The molecule has 0 radical (unpaired) electrons. The Kier molecular flexibility index (Phi) is 18.8. The first-order valence-electron chi connectivity index (χ1n) is 22.5. The third-order valence-electron chi connectivity index (χ3n) is 12.2. The number of aliphatic hydroxyl groups is 1. The second-order valence-corrected chi connectivity index (χ2v) is 16.8. The number of amides is 7. The number of aliphatic hydroxyl groups excluding tert-OH is 1. The largest absolute Gasteiger partial charge is 0.497 e. The molecule has 2 aromatic rings. The standard InChI is InChI=1S/C45H63N11O11/c1-67-29-17-15-28(16-18-29)24-32(44(65)66)52-40(61)35-13-7-20-54(35)42(63)33(26-57)53-38(59)31(23-27-9-3-2-4-10-27)51-37(58)25-50-39(60)34-12-6-21-55(34)43(64)36-14-8-22-56(36)41(62)30(46)11-5-19-49-45(47)48/h2-4,9-10,15-18,30-36,57H,5-8,11-14,19-26,46H2,1H3,(H,50,60)(H,51,58)(H,52,61)(H,53,59)(H,65,66)(H4,47,48,49)/t30-,31-,32-,33-,34-,35-,36-/m0/s1. The summed E-state index contributed by atoms with van der Waals surface area (Å²) < 4.78 is 5.15. The van der Waals surface area contributed by atoms with Gasteiger partial charge in [-0.25, -0.2) is 4.79 Å². The number of nitrogens with zero attached hydrogens (tertiary/aromatic N) is 4. The molecule has 22 nitrogen and oxygen atoms in total. The third kappa shape index (κ3) is 14.1. The van der Waals surface area contributed by atoms with Crippen molar-refractivity contribution in [3.8, 4) is 5.75 Å². The van der Waals surface area contributed by atoms with Crippen molar-refractivity contribution in [2.45, 2.75) is 107 Å². The molecule has 22 heteroatoms. The van der Waals surface area contributed by atoms with Gasteiger partial charge >= 0.3 is 5.97 Å². The van der Waals surface area contributed by atoms with Crippen molar-refractivity contribution in [3.63, 3.8) is 0 Å². The molecule has 0 saturated carbocycles. The molecule has 67 heavy (non-hydrogen) atoms. The summed E-state index contributed by atoms with van der Waals surface area (Å²) in [6, 6.07) is 7.56. The number of aliphatic carboxylic acids is 1. The average Bonchev–Trinajstić information content (AvgIpc) is 4.13. The van der Waals surface area contributed by atoms with Crippen molar-refractivity contribution in [2.75, 3.05) is 46.4 Å². The molecule has 0 aliphatic carbocycles. The quantitative estimate of drug-likeness (QED) is 0.0335. The lowest BCUT2D eigenvalue weighted by atomic mass is 10.0. The highest BCUT2D eigenvalue weighted by molar-refractivity contribution is 5.97. The molecule has 3 aliphatic heterocycles. The molecule has 0 spiro atoms. The molecule has 3 aliphatic rings. The normalized spacial score (nSPS) is 19.6. The summed E-state index contributed by atoms with van der Waals surface area (Å²) in [7, 11) is 1.50. The highest BCUT2D eigenvalue weighted by Crippen LogP contribution is 2.26. The molecular formula is C45H63N11O11. The van der Waals surface area contributed by atoms with Crippen LogP contribution < -0.4 is 43.2 Å². The Morgan fingerprint density at radius 2 is 1.31 bits per heavy atom. The Labute approximate surface area is 388 Å². The Balaban J connectivity index is 1.18. The molecule has 12 N–H and O–H groups in total. The van der Waals surface area contributed by atoms with Crippen molar-refractivity contribution < 1.29 is 53.3 Å². The second kappa shape index (κ2) is 24.6. The van der Waals surface area contributed by atoms with E-state index in [1.807, 2.05) is 0 Å². The topological polar surface area (TPSA) is 335 Å². The van der Waals surface area contributed by atoms with Gasteiger partial charge in [-0.15, -0.1) is 0 Å². The maximum Gasteiger partial charge on any atom is 0.326 e. The smallest absolute Gasteiger partial charge is 0.326 e. The number of rotatable bonds is 22. The van der Waals surface area contributed by atoms with E-state index in [2.05, 4.69) is 26.3 Å². The van der Waals surface area contributed by atoms with Gasteiger partial charge in [0, 0.05) is 39.0 Å². The molecule has 7 atom stereocenters. The van der Waals surface area contributed by atoms with Gasteiger partial charge < -0.3 is 68.1 Å². The first kappa shape index (κ1) is 51.2. The minimum absolute atomic E-state index is 0.0396. The van der Waals surface area contributed by atoms with Gasteiger partial charge in [0.05, 0.1) is 26.3 Å². The van der Waals surface area contributed by atoms with Crippen molar-refractivity contribution in [1.82, 2.24) is 36.0 Å². The van der Waals surface area contributed by atoms with Crippen molar-refractivity contribution in [1.29, 1.82) is 0 Å². The first-order chi connectivity index (χ1) is 32.1. The minimum atomic E-state index is -1.53. The summed E-state index contributed by atoms with van der Waals surface area (Å²) in [5.74, 6) is -5.21. The van der Waals surface area contributed by atoms with Crippen molar-refractivity contribution in [3.05, 3.63) is 65.7 Å². The fourth-order valence-corrected chi connectivity index (χ4v) is 8.65. The number of carboxylic acids is 1. The Bertz CT molecular complexity index is 2100. The number of guanidine groups is 1. The molecule has 3 saturated heterocycles. The molecule has 0 aromatic heterocycles. The average molecular weight is 934 g/mol. The van der Waals surface area contributed by atoms with Gasteiger partial charge in [0.15, 0.2) is 5.96 Å². The number of ether oxygens (including phenoxy) is 1. The summed E-state index contributed by atoms with van der Waals surface area (Å²) in [6.07, 6.45) is 3.12. The fraction of sp³-hybridized carbons (Fsp3) is 0.533. The minimum Gasteiger partial charge on any atom is -0.497 e. The van der Waals surface area contributed by atoms with E-state index in [9.17, 15) is 48.6 Å². The van der Waals surface area contributed by atoms with Crippen LogP contribution in [0.15, 0.2) is 59.6 Å². The Morgan fingerprint density at radius 3 is 1.93 bits per heavy atom. The lowest BCUT2D eigenvalue weighted by molar-refractivity contribution is -0.147. The fourth-order valence-electron chi connectivity index (χ4n) is 8.65. The predicted octanol–water partition coefficient (Wildman–Crippen LogP) is -2.52. The molecule has 364 valence electrons. The number of carbonyl (C=O) groups excluding carboxylic acids is 7. The highest BCUT2D eigenvalue weighted by Gasteiger charge is 2.43. The van der Waals surface area contributed by atoms with Crippen LogP contribution in [0.2, 0.25) is 0 Å². The zero-order chi connectivity index (χ0) is 48.6. The van der Waals surface area contributed by atoms with Gasteiger partial charge in [0.2, 0.25) is 41.4 Å². The molecular weight excluding hydrogens is 871 g/mol. The zero-order valence-electron chi connectivity index (χ0n) is 37.6. The molecule has 3 fully saturated rings. The van der Waals surface area contributed by atoms with E-state index in [0.29, 0.717) is 74.9 Å². The first-order valence-corrected chi connectivity index (χ1v) is 22.5. The van der Waals surface area contributed by atoms with Crippen LogP contribution in [0.4, 0.5) is 0 Å². The van der Waals surface area contributed by atoms with Gasteiger partial charge in [-0.2, -0.15) is 0 Å². The van der Waals surface area contributed by atoms with Gasteiger partial charge in [-0.1, -0.05) is 42.5 Å². The Hall–Kier alpha value is -6.81. The van der Waals surface area contributed by atoms with Crippen LogP contribution in [0.25, 0.3) is 0 Å². The number of likely N-dealkylation sites (tertiary alicyclic amines) is 3. The predicted molar refractivity (Wildman–Crippen MR) is 242 cm³/mol. The van der Waals surface area contributed by atoms with Gasteiger partial charge in [0.1, 0.15) is 42.0 Å². The van der Waals surface area contributed by atoms with Gasteiger partial charge in [-0.3, -0.25) is 38.6 Å². The van der Waals surface area contributed by atoms with Crippen LogP contribution in [0, 0.1) is 0 Å². The lowest BCUT2D eigenvalue weighted by Crippen LogP contribution is -2.59. The monoisotopic (exact) mass is 933 g/mol. The van der Waals surface area contributed by atoms with Crippen LogP contribution in [0.3, 0.4) is 0 Å². The number of benzene rings is 2. The number of carboxylic acid groups (broad SMARTS) is 1. The van der Waals surface area contributed by atoms with E-state index in [1.165, 1.54) is 21.8 Å². The molecule has 7 amide bonds. The number of methoxy groups -OCH3 is 1. The molecule has 0 bridgehead atoms. The van der Waals surface area contributed by atoms with Gasteiger partial charge in [0.25, 0.3) is 0 Å². The highest BCUT2D eigenvalue weighted by atomic mass is 16.5. The summed E-state index contributed by atoms with van der Waals surface area (Å²) in [5.41, 5.74) is 18.2. The Morgan fingerprint density at radius 1 is 0.731 bits per heavy atom. The van der Waals surface area contributed by atoms with E-state index in [0.717, 1.165) is 0 Å². The van der Waals surface area contributed by atoms with Crippen LogP contribution in [0.5, 0.6) is 5.75 Å². The van der Waals surface area contributed by atoms with E-state index < -0.39 is 90.9 Å². The van der Waals surface area contributed by atoms with Gasteiger partial charge in [-0.05, 0) is 74.6 Å². The number of aliphatic imine (C=N–C) groups is 1. The van der Waals surface area contributed by atoms with Crippen LogP contribution in [-0.2, 0) is 51.2 Å². The zero-order valence-corrected chi connectivity index (χ0v) is 37.6. The molecule has 0 unspecified atom stereocenters. The number of hydrogen-bond donors (Lipinski definition) is 9. The van der Waals surface area contributed by atoms with E-state index in [1.54, 1.807) is 54.6 Å². The second-order valence-electron chi connectivity index (χ2n) is 16.8. The summed E-state index contributed by atoms with van der Waals surface area (Å²) in [4.78, 5) is 115. The van der Waals surface area contributed by atoms with E-state index in [4.69, 9.17) is 21.9 Å². The molecule has 2 aromatic carbocycles. The molecule has 3 heterocycles. The number of nitrogens with one attached hydrogen (secondary N) is 4. The van der Waals surface area contributed by atoms with Crippen molar-refractivity contribution in [2.24, 2.45) is 22.2 Å². The maximum absolute atomic E-state index is 13.9. The van der Waals surface area contributed by atoms with Crippen molar-refractivity contribution >= 4 is 53.3 Å².